The van der Waals surface area contributed by atoms with Gasteiger partial charge in [-0.2, -0.15) is 0 Å². The highest BCUT2D eigenvalue weighted by atomic mass is 32.2. The Morgan fingerprint density at radius 1 is 1.25 bits per heavy atom. The number of nitrogens with zero attached hydrogens (tertiary/aromatic N) is 7. The second-order valence-corrected chi connectivity index (χ2v) is 12.5. The number of carboxylic acid groups (broad SMARTS) is 1. The number of tetrazole rings is 1. The number of hydrogen-bond donors (Lipinski definition) is 3. The van der Waals surface area contributed by atoms with Crippen molar-refractivity contribution in [2.24, 2.45) is 23.5 Å². The van der Waals surface area contributed by atoms with Gasteiger partial charge in [0.25, 0.3) is 0 Å². The van der Waals surface area contributed by atoms with E-state index in [-0.39, 0.29) is 65.4 Å². The van der Waals surface area contributed by atoms with Gasteiger partial charge >= 0.3 is 5.97 Å². The normalized spacial score (nSPS) is 29.5. The molecule has 1 aromatic heterocycles. The summed E-state index contributed by atoms with van der Waals surface area (Å²) in [6, 6.07) is -0.602. The summed E-state index contributed by atoms with van der Waals surface area (Å²) in [5.74, 6) is -2.25. The number of aromatic nitrogens is 4. The first-order valence-electron chi connectivity index (χ1n) is 13.8. The number of ketones is 1. The number of aliphatic carboxylic acids is 1. The highest BCUT2D eigenvalue weighted by Gasteiger charge is 2.60. The van der Waals surface area contributed by atoms with Crippen LogP contribution in [-0.2, 0) is 25.7 Å². The Labute approximate surface area is 236 Å². The standard InChI is InChI=1S/C25H37N9O5S/c1-14(9-16(35)12-33-13-28-29-30-33)19-20-15(2)22(21(25(38)39)34(20)24(19)37)40-17-10-18(27-11-17)23(36)32-7-5-31(4-3-26)6-8-32/h13-15,17-20,27H,3-12,26H2,1-2H3,(H,38,39)/t14-,15+,17-,18-,19+,20+/m0/s1. The molecule has 1 aromatic rings. The zero-order valence-electron chi connectivity index (χ0n) is 22.8. The molecule has 3 fully saturated rings. The van der Waals surface area contributed by atoms with Crippen LogP contribution in [0.25, 0.3) is 0 Å². The number of nitrogens with two attached hydrogens (primary N) is 1. The van der Waals surface area contributed by atoms with Gasteiger partial charge in [-0.1, -0.05) is 13.8 Å². The molecule has 2 amide bonds. The number of thioether (sulfide) groups is 1. The fourth-order valence-corrected chi connectivity index (χ4v) is 7.99. The van der Waals surface area contributed by atoms with Gasteiger partial charge in [-0.3, -0.25) is 19.3 Å². The molecule has 3 saturated heterocycles. The van der Waals surface area contributed by atoms with E-state index in [1.807, 2.05) is 18.7 Å². The highest BCUT2D eigenvalue weighted by molar-refractivity contribution is 8.03. The number of hydrogen-bond acceptors (Lipinski definition) is 11. The Hall–Kier alpha value is -2.88. The van der Waals surface area contributed by atoms with Crippen LogP contribution < -0.4 is 11.1 Å². The Kier molecular flexibility index (Phi) is 8.54. The zero-order chi connectivity index (χ0) is 28.6. The summed E-state index contributed by atoms with van der Waals surface area (Å²) >= 11 is 1.47. The SMILES string of the molecule is C[C@@H](CC(=O)Cn1cnnn1)[C@H]1C(=O)N2C(C(=O)O)=C(S[C@@H]3CN[C@H](C(=O)N4CCN(CCN)CC4)C3)[C@H](C)[C@H]12. The van der Waals surface area contributed by atoms with Crippen LogP contribution in [-0.4, -0.2) is 127 Å². The number of Topliss-reactive ketones (excluding diaryl/α,β-unsaturated/α-hetero) is 1. The molecule has 0 bridgehead atoms. The maximum atomic E-state index is 13.2. The molecule has 6 atom stereocenters. The van der Waals surface area contributed by atoms with Crippen molar-refractivity contribution in [1.29, 1.82) is 0 Å². The molecule has 0 aliphatic carbocycles. The highest BCUT2D eigenvalue weighted by Crippen LogP contribution is 2.53. The third-order valence-corrected chi connectivity index (χ3v) is 10.0. The summed E-state index contributed by atoms with van der Waals surface area (Å²) in [5.41, 5.74) is 5.69. The van der Waals surface area contributed by atoms with Gasteiger partial charge in [-0.25, -0.2) is 9.48 Å². The molecule has 0 spiro atoms. The van der Waals surface area contributed by atoms with Crippen LogP contribution in [0.15, 0.2) is 16.9 Å². The molecule has 0 aromatic carbocycles. The lowest BCUT2D eigenvalue weighted by Crippen LogP contribution is -2.62. The van der Waals surface area contributed by atoms with Gasteiger partial charge in [0.05, 0.1) is 18.0 Å². The van der Waals surface area contributed by atoms with Gasteiger partial charge in [0.2, 0.25) is 11.8 Å². The smallest absolute Gasteiger partial charge is 0.353 e. The molecule has 15 heteroatoms. The molecule has 0 radical (unpaired) electrons. The minimum absolute atomic E-state index is 0.0156. The maximum Gasteiger partial charge on any atom is 0.353 e. The van der Waals surface area contributed by atoms with E-state index in [0.717, 1.165) is 19.6 Å². The number of amides is 2. The second kappa shape index (κ2) is 11.9. The first-order chi connectivity index (χ1) is 19.2. The summed E-state index contributed by atoms with van der Waals surface area (Å²) in [7, 11) is 0. The van der Waals surface area contributed by atoms with Crippen LogP contribution in [0.5, 0.6) is 0 Å². The van der Waals surface area contributed by atoms with E-state index in [4.69, 9.17) is 5.73 Å². The van der Waals surface area contributed by atoms with Crippen molar-refractivity contribution in [1.82, 2.24) is 40.2 Å². The topological polar surface area (TPSA) is 180 Å². The predicted molar refractivity (Wildman–Crippen MR) is 144 cm³/mol. The van der Waals surface area contributed by atoms with Gasteiger partial charge in [-0.15, -0.1) is 16.9 Å². The van der Waals surface area contributed by atoms with Crippen LogP contribution in [0.3, 0.4) is 0 Å². The van der Waals surface area contributed by atoms with Crippen molar-refractivity contribution in [2.75, 3.05) is 45.8 Å². The second-order valence-electron chi connectivity index (χ2n) is 11.2. The minimum Gasteiger partial charge on any atom is -0.477 e. The first-order valence-corrected chi connectivity index (χ1v) is 14.7. The molecule has 4 N–H and O–H groups in total. The Morgan fingerprint density at radius 3 is 2.65 bits per heavy atom. The average Bonchev–Trinajstić information content (AvgIpc) is 3.65. The average molecular weight is 576 g/mol. The maximum absolute atomic E-state index is 13.2. The van der Waals surface area contributed by atoms with Crippen molar-refractivity contribution in [2.45, 2.75) is 50.6 Å². The fourth-order valence-electron chi connectivity index (χ4n) is 6.51. The van der Waals surface area contributed by atoms with Crippen LogP contribution in [0, 0.1) is 17.8 Å². The molecule has 0 unspecified atom stereocenters. The molecule has 5 heterocycles. The van der Waals surface area contributed by atoms with Crippen molar-refractivity contribution in [3.63, 3.8) is 0 Å². The van der Waals surface area contributed by atoms with E-state index in [9.17, 15) is 24.3 Å². The van der Waals surface area contributed by atoms with Crippen molar-refractivity contribution < 1.29 is 24.3 Å². The molecule has 0 saturated carbocycles. The Balaban J connectivity index is 1.19. The van der Waals surface area contributed by atoms with Crippen molar-refractivity contribution >= 4 is 35.3 Å². The van der Waals surface area contributed by atoms with Gasteiger partial charge in [0.15, 0.2) is 5.78 Å². The Morgan fingerprint density at radius 2 is 2.00 bits per heavy atom. The quantitative estimate of drug-likeness (QED) is 0.263. The first kappa shape index (κ1) is 28.6. The Bertz CT molecular complexity index is 1170. The van der Waals surface area contributed by atoms with Gasteiger partial charge in [0.1, 0.15) is 18.6 Å². The van der Waals surface area contributed by atoms with E-state index >= 15 is 0 Å². The van der Waals surface area contributed by atoms with Gasteiger partial charge < -0.3 is 26.0 Å². The van der Waals surface area contributed by atoms with Crippen LogP contribution in [0.4, 0.5) is 0 Å². The number of rotatable bonds is 11. The molecule has 218 valence electrons. The lowest BCUT2D eigenvalue weighted by Gasteiger charge is -2.47. The summed E-state index contributed by atoms with van der Waals surface area (Å²) in [4.78, 5) is 57.5. The van der Waals surface area contributed by atoms with Crippen molar-refractivity contribution in [3.8, 4) is 0 Å². The number of carbonyl (C=O) groups excluding carboxylic acids is 3. The largest absolute Gasteiger partial charge is 0.477 e. The predicted octanol–water partition coefficient (Wildman–Crippen LogP) is -1.39. The zero-order valence-corrected chi connectivity index (χ0v) is 23.6. The van der Waals surface area contributed by atoms with Crippen LogP contribution >= 0.6 is 11.8 Å². The van der Waals surface area contributed by atoms with Crippen LogP contribution in [0.1, 0.15) is 26.7 Å². The van der Waals surface area contributed by atoms with Crippen LogP contribution in [0.2, 0.25) is 0 Å². The molecular formula is C25H37N9O5S. The molecule has 14 nitrogen and oxygen atoms in total. The number of β-lactam (4-membered cyclic amide) rings is 1. The lowest BCUT2D eigenvalue weighted by molar-refractivity contribution is -0.160. The monoisotopic (exact) mass is 575 g/mol. The molecule has 5 rings (SSSR count). The molecule has 40 heavy (non-hydrogen) atoms. The summed E-state index contributed by atoms with van der Waals surface area (Å²) < 4.78 is 1.34. The number of fused-ring (bicyclic) bond motifs is 1. The number of piperazine rings is 1. The summed E-state index contributed by atoms with van der Waals surface area (Å²) in [6.07, 6.45) is 2.14. The minimum atomic E-state index is -1.13. The lowest BCUT2D eigenvalue weighted by atomic mass is 9.73. The third-order valence-electron chi connectivity index (χ3n) is 8.50. The van der Waals surface area contributed by atoms with Gasteiger partial charge in [0, 0.05) is 68.3 Å². The van der Waals surface area contributed by atoms with E-state index in [0.29, 0.717) is 37.5 Å². The fraction of sp³-hybridized carbons (Fsp3) is 0.720. The van der Waals surface area contributed by atoms with E-state index in [1.54, 1.807) is 0 Å². The molecular weight excluding hydrogens is 538 g/mol. The van der Waals surface area contributed by atoms with E-state index < -0.39 is 11.9 Å². The number of nitrogens with one attached hydrogen (secondary N) is 1. The van der Waals surface area contributed by atoms with Gasteiger partial charge in [-0.05, 0) is 22.8 Å². The van der Waals surface area contributed by atoms with Crippen molar-refractivity contribution in [3.05, 3.63) is 16.9 Å². The number of carboxylic acids is 1. The molecule has 4 aliphatic heterocycles. The number of carbonyl (C=O) groups is 4. The third kappa shape index (κ3) is 5.51. The van der Waals surface area contributed by atoms with E-state index in [1.165, 1.54) is 27.7 Å². The molecule has 4 aliphatic rings. The van der Waals surface area contributed by atoms with E-state index in [2.05, 4.69) is 25.7 Å². The summed E-state index contributed by atoms with van der Waals surface area (Å²) in [6.45, 7) is 8.85. The summed E-state index contributed by atoms with van der Waals surface area (Å²) in [5, 5.41) is 24.2.